The van der Waals surface area contributed by atoms with Crippen molar-refractivity contribution in [3.63, 3.8) is 0 Å². The molecule has 0 saturated heterocycles. The van der Waals surface area contributed by atoms with E-state index in [4.69, 9.17) is 10.5 Å². The molecule has 0 spiro atoms. The van der Waals surface area contributed by atoms with E-state index in [9.17, 15) is 21.0 Å². The Balaban J connectivity index is -0.000000771. The lowest BCUT2D eigenvalue weighted by Gasteiger charge is -2.19. The summed E-state index contributed by atoms with van der Waals surface area (Å²) in [6.07, 6.45) is 19.3. The van der Waals surface area contributed by atoms with Crippen LogP contribution in [0.1, 0.15) is 212 Å². The van der Waals surface area contributed by atoms with Gasteiger partial charge in [0.05, 0.1) is 36.4 Å². The van der Waals surface area contributed by atoms with E-state index in [1.165, 1.54) is 25.7 Å². The standard InChI is InChI=1S/C18H32N4.C16H28N4.C10H16N4/c1-5-7-9-11-13-17(3,15-19)21-22-18(4,16-20)14-12-10-8-6-2;1-5-7-9-11-15(3,13-17)19-20-16(4,14-18)12-10-8-6-2;1-5-9(3,7-11)13-14-10(4,6-2)8-12/h5-14H2,1-4H3;5-12H2,1-4H3;5-6H2,1-4H3/b22-21+;20-19+;14-13+. The average Bonchev–Trinajstić information content (AvgIpc) is 3.22. The van der Waals surface area contributed by atoms with Crippen molar-refractivity contribution in [3.05, 3.63) is 0 Å². The molecule has 0 rings (SSSR count). The first-order chi connectivity index (χ1) is 26.3. The molecule has 0 aliphatic carbocycles. The minimum atomic E-state index is -0.798. The third kappa shape index (κ3) is 26.5. The highest BCUT2D eigenvalue weighted by molar-refractivity contribution is 5.09. The van der Waals surface area contributed by atoms with E-state index in [2.05, 4.69) is 94.8 Å². The van der Waals surface area contributed by atoms with E-state index in [1.807, 2.05) is 27.7 Å². The van der Waals surface area contributed by atoms with Gasteiger partial charge in [-0.2, -0.15) is 62.3 Å². The van der Waals surface area contributed by atoms with E-state index in [-0.39, 0.29) is 0 Å². The lowest BCUT2D eigenvalue weighted by Crippen LogP contribution is -2.23. The molecule has 0 aromatic heterocycles. The second-order valence-corrected chi connectivity index (χ2v) is 16.2. The van der Waals surface area contributed by atoms with Crippen LogP contribution in [0, 0.1) is 68.0 Å². The second-order valence-electron chi connectivity index (χ2n) is 16.2. The van der Waals surface area contributed by atoms with Crippen molar-refractivity contribution in [1.82, 2.24) is 0 Å². The summed E-state index contributed by atoms with van der Waals surface area (Å²) < 4.78 is 0. The molecule has 312 valence electrons. The lowest BCUT2D eigenvalue weighted by molar-refractivity contribution is 0.425. The van der Waals surface area contributed by atoms with Crippen LogP contribution in [0.25, 0.3) is 0 Å². The van der Waals surface area contributed by atoms with E-state index in [1.54, 1.807) is 27.7 Å². The van der Waals surface area contributed by atoms with Crippen LogP contribution in [0.2, 0.25) is 0 Å². The normalized spacial score (nSPS) is 17.5. The smallest absolute Gasteiger partial charge is 0.164 e. The number of nitrogens with zero attached hydrogens (tertiary/aromatic N) is 12. The van der Waals surface area contributed by atoms with Crippen molar-refractivity contribution in [3.8, 4) is 36.4 Å². The lowest BCUT2D eigenvalue weighted by atomic mass is 9.95. The first kappa shape index (κ1) is 56.1. The SMILES string of the molecule is CCC(C)(C#N)/N=N/C(C)(C#N)CC.CCCCCC(C)(C#N)/N=N/C(C)(C#N)CCCCC.CCCCCCC(C)(C#N)/N=N/C(C)(C#N)CCCCCC. The molecule has 0 bridgehead atoms. The Morgan fingerprint density at radius 1 is 0.286 bits per heavy atom. The maximum Gasteiger partial charge on any atom is 0.164 e. The van der Waals surface area contributed by atoms with Gasteiger partial charge in [-0.3, -0.25) is 0 Å². The van der Waals surface area contributed by atoms with Gasteiger partial charge in [0.25, 0.3) is 0 Å². The van der Waals surface area contributed by atoms with Gasteiger partial charge in [0.2, 0.25) is 0 Å². The Morgan fingerprint density at radius 3 is 0.643 bits per heavy atom. The van der Waals surface area contributed by atoms with Crippen molar-refractivity contribution in [1.29, 1.82) is 31.6 Å². The van der Waals surface area contributed by atoms with Crippen LogP contribution >= 0.6 is 0 Å². The van der Waals surface area contributed by atoms with Gasteiger partial charge in [-0.05, 0) is 106 Å². The Labute approximate surface area is 342 Å². The number of nitriles is 6. The Morgan fingerprint density at radius 2 is 0.464 bits per heavy atom. The average molecular weight is 773 g/mol. The van der Waals surface area contributed by atoms with Gasteiger partial charge >= 0.3 is 0 Å². The quantitative estimate of drug-likeness (QED) is 0.0614. The highest BCUT2D eigenvalue weighted by atomic mass is 15.2. The Kier molecular flexibility index (Phi) is 30.9. The molecule has 12 nitrogen and oxygen atoms in total. The molecule has 0 aromatic carbocycles. The van der Waals surface area contributed by atoms with Crippen LogP contribution in [0.4, 0.5) is 0 Å². The summed E-state index contributed by atoms with van der Waals surface area (Å²) in [6, 6.07) is 13.1. The van der Waals surface area contributed by atoms with Crippen LogP contribution in [-0.4, -0.2) is 33.2 Å². The maximum atomic E-state index is 9.37. The van der Waals surface area contributed by atoms with Crippen LogP contribution in [-0.2, 0) is 0 Å². The monoisotopic (exact) mass is 773 g/mol. The zero-order valence-corrected chi connectivity index (χ0v) is 37.5. The van der Waals surface area contributed by atoms with Crippen molar-refractivity contribution in [2.75, 3.05) is 0 Å². The molecule has 0 radical (unpaired) electrons. The summed E-state index contributed by atoms with van der Waals surface area (Å²) in [7, 11) is 0. The molecule has 0 heterocycles. The number of unbranched alkanes of at least 4 members (excludes halogenated alkanes) is 10. The second kappa shape index (κ2) is 30.9. The van der Waals surface area contributed by atoms with Gasteiger partial charge in [0, 0.05) is 0 Å². The van der Waals surface area contributed by atoms with Gasteiger partial charge in [0.1, 0.15) is 0 Å². The zero-order valence-electron chi connectivity index (χ0n) is 37.5. The fraction of sp³-hybridized carbons (Fsp3) is 0.864. The van der Waals surface area contributed by atoms with Crippen LogP contribution < -0.4 is 0 Å². The third-order valence-corrected chi connectivity index (χ3v) is 9.86. The Hall–Kier alpha value is -4.26. The summed E-state index contributed by atoms with van der Waals surface area (Å²) in [6.45, 7) is 23.0. The minimum absolute atomic E-state index is 0.595. The van der Waals surface area contributed by atoms with Crippen molar-refractivity contribution < 1.29 is 0 Å². The Bertz CT molecular complexity index is 1310. The fourth-order valence-electron chi connectivity index (χ4n) is 4.75. The summed E-state index contributed by atoms with van der Waals surface area (Å²) in [5, 5.41) is 79.8. The number of hydrogen-bond acceptors (Lipinski definition) is 12. The molecule has 0 aromatic rings. The number of rotatable bonds is 26. The molecule has 56 heavy (non-hydrogen) atoms. The summed E-state index contributed by atoms with van der Waals surface area (Å²) >= 11 is 0. The molecule has 0 N–H and O–H groups in total. The number of hydrogen-bond donors (Lipinski definition) is 0. The van der Waals surface area contributed by atoms with E-state index >= 15 is 0 Å². The number of azo groups is 3. The fourth-order valence-corrected chi connectivity index (χ4v) is 4.75. The molecule has 0 saturated carbocycles. The summed E-state index contributed by atoms with van der Waals surface area (Å²) in [5.41, 5.74) is -4.78. The first-order valence-corrected chi connectivity index (χ1v) is 21.1. The first-order valence-electron chi connectivity index (χ1n) is 21.1. The predicted octanol–water partition coefficient (Wildman–Crippen LogP) is 13.9. The van der Waals surface area contributed by atoms with E-state index in [0.717, 1.165) is 64.2 Å². The summed E-state index contributed by atoms with van der Waals surface area (Å²) in [5.74, 6) is 0. The van der Waals surface area contributed by atoms with Crippen LogP contribution in [0.5, 0.6) is 0 Å². The minimum Gasteiger partial charge on any atom is -0.196 e. The molecule has 12 heteroatoms. The topological polar surface area (TPSA) is 217 Å². The molecular formula is C44H76N12. The molecule has 0 aliphatic heterocycles. The maximum absolute atomic E-state index is 9.37. The molecule has 6 atom stereocenters. The van der Waals surface area contributed by atoms with Gasteiger partial charge in [-0.15, -0.1) is 0 Å². The third-order valence-electron chi connectivity index (χ3n) is 9.86. The molecule has 0 amide bonds. The highest BCUT2D eigenvalue weighted by Gasteiger charge is 2.29. The van der Waals surface area contributed by atoms with Crippen molar-refractivity contribution in [2.45, 2.75) is 245 Å². The highest BCUT2D eigenvalue weighted by Crippen LogP contribution is 2.27. The van der Waals surface area contributed by atoms with Gasteiger partial charge in [-0.1, -0.05) is 106 Å². The van der Waals surface area contributed by atoms with Crippen molar-refractivity contribution in [2.24, 2.45) is 30.7 Å². The van der Waals surface area contributed by atoms with Gasteiger partial charge < -0.3 is 0 Å². The predicted molar refractivity (Wildman–Crippen MR) is 225 cm³/mol. The van der Waals surface area contributed by atoms with Gasteiger partial charge in [0.15, 0.2) is 33.2 Å². The van der Waals surface area contributed by atoms with Crippen LogP contribution in [0.3, 0.4) is 0 Å². The molecule has 0 aliphatic rings. The zero-order chi connectivity index (χ0) is 43.6. The molecular weight excluding hydrogens is 697 g/mol. The van der Waals surface area contributed by atoms with Crippen LogP contribution in [0.15, 0.2) is 30.7 Å². The largest absolute Gasteiger partial charge is 0.196 e. The van der Waals surface area contributed by atoms with E-state index < -0.39 is 33.2 Å². The van der Waals surface area contributed by atoms with Crippen molar-refractivity contribution >= 4 is 0 Å². The molecule has 0 fully saturated rings. The summed E-state index contributed by atoms with van der Waals surface area (Å²) in [4.78, 5) is 0. The molecule has 6 unspecified atom stereocenters. The van der Waals surface area contributed by atoms with E-state index in [0.29, 0.717) is 38.5 Å². The van der Waals surface area contributed by atoms with Gasteiger partial charge in [-0.25, -0.2) is 0 Å².